The Morgan fingerprint density at radius 3 is 2.06 bits per heavy atom. The molecule has 0 aliphatic carbocycles. The molecule has 0 aliphatic heterocycles. The molecule has 2 amide bonds. The molecule has 180 valence electrons. The Hall–Kier alpha value is -3.90. The quantitative estimate of drug-likeness (QED) is 0.383. The summed E-state index contributed by atoms with van der Waals surface area (Å²) < 4.78 is 5.19. The Bertz CT molecular complexity index is 1320. The summed E-state index contributed by atoms with van der Waals surface area (Å²) in [5, 5.41) is 7.60. The van der Waals surface area contributed by atoms with E-state index in [2.05, 4.69) is 41.7 Å². The fourth-order valence-electron chi connectivity index (χ4n) is 4.21. The maximum Gasteiger partial charge on any atom is 0.410 e. The zero-order valence-corrected chi connectivity index (χ0v) is 19.9. The van der Waals surface area contributed by atoms with Gasteiger partial charge in [0.25, 0.3) is 0 Å². The lowest BCUT2D eigenvalue weighted by atomic mass is 10.0. The molecule has 0 aromatic heterocycles. The Balaban J connectivity index is 1.46. The molecule has 0 spiro atoms. The highest BCUT2D eigenvalue weighted by Gasteiger charge is 2.28. The van der Waals surface area contributed by atoms with Gasteiger partial charge < -0.3 is 15.8 Å². The van der Waals surface area contributed by atoms with Crippen molar-refractivity contribution in [3.8, 4) is 0 Å². The van der Waals surface area contributed by atoms with Gasteiger partial charge in [0.1, 0.15) is 12.6 Å². The van der Waals surface area contributed by atoms with Gasteiger partial charge in [-0.1, -0.05) is 84.9 Å². The van der Waals surface area contributed by atoms with Crippen LogP contribution in [0.2, 0.25) is 0 Å². The second-order valence-corrected chi connectivity index (χ2v) is 8.64. The highest BCUT2D eigenvalue weighted by Crippen LogP contribution is 2.19. The fraction of sp³-hybridized carbons (Fsp3) is 0.241. The predicted molar refractivity (Wildman–Crippen MR) is 140 cm³/mol. The molecule has 6 nitrogen and oxygen atoms in total. The Morgan fingerprint density at radius 1 is 0.857 bits per heavy atom. The number of amides is 2. The Labute approximate surface area is 205 Å². The minimum absolute atomic E-state index is 0.107. The molecule has 1 unspecified atom stereocenters. The van der Waals surface area contributed by atoms with Crippen LogP contribution in [0.1, 0.15) is 11.1 Å². The smallest absolute Gasteiger partial charge is 0.410 e. The van der Waals surface area contributed by atoms with Gasteiger partial charge in [0.05, 0.1) is 0 Å². The van der Waals surface area contributed by atoms with Crippen LogP contribution in [0.3, 0.4) is 0 Å². The number of hydrogen-bond acceptors (Lipinski definition) is 4. The van der Waals surface area contributed by atoms with Crippen molar-refractivity contribution in [2.24, 2.45) is 5.73 Å². The molecule has 4 rings (SSSR count). The predicted octanol–water partition coefficient (Wildman–Crippen LogP) is 4.29. The second kappa shape index (κ2) is 11.5. The molecule has 4 aromatic rings. The number of carbonyl (C=O) groups is 2. The summed E-state index contributed by atoms with van der Waals surface area (Å²) in [5.74, 6) is -0.217. The van der Waals surface area contributed by atoms with E-state index in [-0.39, 0.29) is 19.1 Å². The SMILES string of the molecule is CN(C(=O)OCCN)C(Cc1ccc2ccccc2c1)C(=O)NCCc1ccc2ccccc2c1. The van der Waals surface area contributed by atoms with Gasteiger partial charge in [0.2, 0.25) is 5.91 Å². The molecule has 4 aromatic carbocycles. The van der Waals surface area contributed by atoms with E-state index < -0.39 is 12.1 Å². The van der Waals surface area contributed by atoms with Crippen molar-refractivity contribution >= 4 is 33.5 Å². The molecule has 0 heterocycles. The summed E-state index contributed by atoms with van der Waals surface area (Å²) in [6.45, 7) is 0.805. The van der Waals surface area contributed by atoms with Gasteiger partial charge in [-0.2, -0.15) is 0 Å². The van der Waals surface area contributed by atoms with Gasteiger partial charge in [0.15, 0.2) is 0 Å². The molecule has 0 saturated heterocycles. The number of nitrogens with zero attached hydrogens (tertiary/aromatic N) is 1. The van der Waals surface area contributed by atoms with Crippen LogP contribution in [0.25, 0.3) is 21.5 Å². The number of fused-ring (bicyclic) bond motifs is 2. The molecule has 0 aliphatic rings. The summed E-state index contributed by atoms with van der Waals surface area (Å²) in [6.07, 6.45) is 0.507. The highest BCUT2D eigenvalue weighted by molar-refractivity contribution is 5.87. The summed E-state index contributed by atoms with van der Waals surface area (Å²) >= 11 is 0. The normalized spacial score (nSPS) is 11.8. The van der Waals surface area contributed by atoms with Crippen molar-refractivity contribution in [1.29, 1.82) is 0 Å². The van der Waals surface area contributed by atoms with E-state index >= 15 is 0 Å². The Kier molecular flexibility index (Phi) is 7.95. The first-order valence-electron chi connectivity index (χ1n) is 11.9. The van der Waals surface area contributed by atoms with E-state index in [1.807, 2.05) is 48.5 Å². The number of hydrogen-bond donors (Lipinski definition) is 2. The van der Waals surface area contributed by atoms with E-state index in [0.29, 0.717) is 19.4 Å². The van der Waals surface area contributed by atoms with E-state index in [9.17, 15) is 9.59 Å². The maximum absolute atomic E-state index is 13.2. The van der Waals surface area contributed by atoms with Crippen LogP contribution >= 0.6 is 0 Å². The van der Waals surface area contributed by atoms with Crippen LogP contribution < -0.4 is 11.1 Å². The number of nitrogens with one attached hydrogen (secondary N) is 1. The van der Waals surface area contributed by atoms with Gasteiger partial charge in [-0.25, -0.2) is 4.79 Å². The summed E-state index contributed by atoms with van der Waals surface area (Å²) in [4.78, 5) is 27.1. The first-order chi connectivity index (χ1) is 17.0. The molecule has 0 radical (unpaired) electrons. The van der Waals surface area contributed by atoms with Crippen molar-refractivity contribution in [2.75, 3.05) is 26.7 Å². The van der Waals surface area contributed by atoms with Crippen molar-refractivity contribution < 1.29 is 14.3 Å². The van der Waals surface area contributed by atoms with Crippen molar-refractivity contribution in [2.45, 2.75) is 18.9 Å². The number of benzene rings is 4. The topological polar surface area (TPSA) is 84.7 Å². The van der Waals surface area contributed by atoms with E-state index in [0.717, 1.165) is 21.9 Å². The van der Waals surface area contributed by atoms with Crippen LogP contribution in [-0.2, 0) is 22.4 Å². The molecular weight excluding hydrogens is 438 g/mol. The average molecular weight is 470 g/mol. The van der Waals surface area contributed by atoms with E-state index in [4.69, 9.17) is 10.5 Å². The maximum atomic E-state index is 13.2. The molecule has 0 bridgehead atoms. The lowest BCUT2D eigenvalue weighted by Crippen LogP contribution is -2.49. The second-order valence-electron chi connectivity index (χ2n) is 8.64. The minimum Gasteiger partial charge on any atom is -0.448 e. The van der Waals surface area contributed by atoms with Crippen LogP contribution in [0.15, 0.2) is 84.9 Å². The van der Waals surface area contributed by atoms with Crippen molar-refractivity contribution in [1.82, 2.24) is 10.2 Å². The number of nitrogens with two attached hydrogens (primary N) is 1. The highest BCUT2D eigenvalue weighted by atomic mass is 16.6. The molecule has 6 heteroatoms. The largest absolute Gasteiger partial charge is 0.448 e. The third-order valence-corrected chi connectivity index (χ3v) is 6.17. The summed E-state index contributed by atoms with van der Waals surface area (Å²) in [7, 11) is 1.59. The lowest BCUT2D eigenvalue weighted by Gasteiger charge is -2.27. The molecule has 3 N–H and O–H groups in total. The molecule has 1 atom stereocenters. The van der Waals surface area contributed by atoms with Crippen molar-refractivity contribution in [3.63, 3.8) is 0 Å². The molecule has 0 fully saturated rings. The van der Waals surface area contributed by atoms with Crippen LogP contribution in [0.4, 0.5) is 4.79 Å². The zero-order valence-electron chi connectivity index (χ0n) is 19.9. The minimum atomic E-state index is -0.710. The third-order valence-electron chi connectivity index (χ3n) is 6.17. The van der Waals surface area contributed by atoms with Crippen LogP contribution in [0.5, 0.6) is 0 Å². The molecule has 0 saturated carbocycles. The zero-order chi connectivity index (χ0) is 24.6. The molecule has 35 heavy (non-hydrogen) atoms. The average Bonchev–Trinajstić information content (AvgIpc) is 2.89. The van der Waals surface area contributed by atoms with Crippen LogP contribution in [0, 0.1) is 0 Å². The van der Waals surface area contributed by atoms with Gasteiger partial charge in [0, 0.05) is 26.6 Å². The first-order valence-corrected chi connectivity index (χ1v) is 11.9. The summed E-state index contributed by atoms with van der Waals surface area (Å²) in [5.41, 5.74) is 7.58. The number of rotatable bonds is 9. The number of carbonyl (C=O) groups excluding carboxylic acids is 2. The third kappa shape index (κ3) is 6.16. The van der Waals surface area contributed by atoms with Gasteiger partial charge in [-0.15, -0.1) is 0 Å². The van der Waals surface area contributed by atoms with Crippen molar-refractivity contribution in [3.05, 3.63) is 96.1 Å². The van der Waals surface area contributed by atoms with Crippen LogP contribution in [-0.4, -0.2) is 49.7 Å². The standard InChI is InChI=1S/C29H31N3O3/c1-32(29(34)35-17-15-30)27(20-22-11-13-24-7-3-5-9-26(24)19-22)28(33)31-16-14-21-10-12-23-6-2-4-8-25(23)18-21/h2-13,18-19,27H,14-17,20,30H2,1H3,(H,31,33). The first kappa shape index (κ1) is 24.2. The van der Waals surface area contributed by atoms with Gasteiger partial charge >= 0.3 is 6.09 Å². The monoisotopic (exact) mass is 469 g/mol. The summed E-state index contributed by atoms with van der Waals surface area (Å²) in [6, 6.07) is 28.0. The fourth-order valence-corrected chi connectivity index (χ4v) is 4.21. The van der Waals surface area contributed by atoms with Gasteiger partial charge in [-0.05, 0) is 39.1 Å². The van der Waals surface area contributed by atoms with Gasteiger partial charge in [-0.3, -0.25) is 9.69 Å². The Morgan fingerprint density at radius 2 is 1.43 bits per heavy atom. The van der Waals surface area contributed by atoms with E-state index in [1.165, 1.54) is 15.7 Å². The van der Waals surface area contributed by atoms with E-state index in [1.54, 1.807) is 7.05 Å². The number of likely N-dealkylation sites (N-methyl/N-ethyl adjacent to an activating group) is 1. The molecular formula is C29H31N3O3. The lowest BCUT2D eigenvalue weighted by molar-refractivity contribution is -0.125. The number of ether oxygens (including phenoxy) is 1.